The molecular formula is C12H14Cl2O. The Morgan fingerprint density at radius 1 is 1.40 bits per heavy atom. The second-order valence-electron chi connectivity index (χ2n) is 3.58. The summed E-state index contributed by atoms with van der Waals surface area (Å²) in [6, 6.07) is 7.61. The molecule has 0 spiro atoms. The Balaban J connectivity index is 2.74. The van der Waals surface area contributed by atoms with Gasteiger partial charge in [0.1, 0.15) is 5.78 Å². The van der Waals surface area contributed by atoms with E-state index >= 15 is 0 Å². The lowest BCUT2D eigenvalue weighted by molar-refractivity contribution is -0.120. The van der Waals surface area contributed by atoms with Gasteiger partial charge in [-0.15, -0.1) is 11.6 Å². The first-order valence-electron chi connectivity index (χ1n) is 4.95. The van der Waals surface area contributed by atoms with E-state index < -0.39 is 0 Å². The maximum absolute atomic E-state index is 11.3. The molecule has 0 heterocycles. The predicted octanol–water partition coefficient (Wildman–Crippen LogP) is 3.72. The second-order valence-corrected chi connectivity index (χ2v) is 4.37. The van der Waals surface area contributed by atoms with Crippen molar-refractivity contribution >= 4 is 29.0 Å². The lowest BCUT2D eigenvalue weighted by Gasteiger charge is -2.12. The summed E-state index contributed by atoms with van der Waals surface area (Å²) in [5.41, 5.74) is 1.02. The SMILES string of the molecule is CC(=O)C(CCCl)Cc1ccccc1Cl. The van der Waals surface area contributed by atoms with Gasteiger partial charge in [-0.05, 0) is 31.4 Å². The van der Waals surface area contributed by atoms with Gasteiger partial charge >= 0.3 is 0 Å². The first kappa shape index (κ1) is 12.5. The Bertz CT molecular complexity index is 336. The van der Waals surface area contributed by atoms with E-state index in [9.17, 15) is 4.79 Å². The summed E-state index contributed by atoms with van der Waals surface area (Å²) in [7, 11) is 0. The van der Waals surface area contributed by atoms with Crippen LogP contribution >= 0.6 is 23.2 Å². The third-order valence-corrected chi connectivity index (χ3v) is 3.04. The first-order valence-corrected chi connectivity index (χ1v) is 5.86. The second kappa shape index (κ2) is 6.14. The van der Waals surface area contributed by atoms with Gasteiger partial charge in [-0.1, -0.05) is 29.8 Å². The van der Waals surface area contributed by atoms with E-state index in [1.165, 1.54) is 0 Å². The van der Waals surface area contributed by atoms with E-state index in [4.69, 9.17) is 23.2 Å². The van der Waals surface area contributed by atoms with Crippen molar-refractivity contribution in [2.45, 2.75) is 19.8 Å². The molecule has 1 nitrogen and oxygen atoms in total. The zero-order valence-electron chi connectivity index (χ0n) is 8.67. The highest BCUT2D eigenvalue weighted by molar-refractivity contribution is 6.31. The van der Waals surface area contributed by atoms with E-state index in [-0.39, 0.29) is 11.7 Å². The molecule has 1 atom stereocenters. The highest BCUT2D eigenvalue weighted by atomic mass is 35.5. The Kier molecular flexibility index (Phi) is 5.13. The zero-order chi connectivity index (χ0) is 11.3. The normalized spacial score (nSPS) is 12.5. The topological polar surface area (TPSA) is 17.1 Å². The van der Waals surface area contributed by atoms with Crippen molar-refractivity contribution in [1.29, 1.82) is 0 Å². The van der Waals surface area contributed by atoms with Gasteiger partial charge in [0, 0.05) is 16.8 Å². The molecule has 1 aromatic carbocycles. The van der Waals surface area contributed by atoms with Crippen LogP contribution in [0.5, 0.6) is 0 Å². The molecule has 0 radical (unpaired) electrons. The van der Waals surface area contributed by atoms with Crippen LogP contribution in [0.2, 0.25) is 5.02 Å². The van der Waals surface area contributed by atoms with Crippen molar-refractivity contribution < 1.29 is 4.79 Å². The predicted molar refractivity (Wildman–Crippen MR) is 64.7 cm³/mol. The van der Waals surface area contributed by atoms with Gasteiger partial charge in [0.2, 0.25) is 0 Å². The molecule has 0 aliphatic carbocycles. The number of hydrogen-bond donors (Lipinski definition) is 0. The average molecular weight is 245 g/mol. The van der Waals surface area contributed by atoms with E-state index in [1.807, 2.05) is 24.3 Å². The van der Waals surface area contributed by atoms with Gasteiger partial charge in [-0.2, -0.15) is 0 Å². The maximum atomic E-state index is 11.3. The van der Waals surface area contributed by atoms with Crippen LogP contribution < -0.4 is 0 Å². The molecular weight excluding hydrogens is 231 g/mol. The van der Waals surface area contributed by atoms with Crippen molar-refractivity contribution in [2.24, 2.45) is 5.92 Å². The summed E-state index contributed by atoms with van der Waals surface area (Å²) >= 11 is 11.7. The van der Waals surface area contributed by atoms with Crippen LogP contribution in [-0.4, -0.2) is 11.7 Å². The number of alkyl halides is 1. The summed E-state index contributed by atoms with van der Waals surface area (Å²) in [6.07, 6.45) is 1.39. The van der Waals surface area contributed by atoms with Crippen molar-refractivity contribution in [2.75, 3.05) is 5.88 Å². The lowest BCUT2D eigenvalue weighted by Crippen LogP contribution is -2.14. The van der Waals surface area contributed by atoms with Crippen LogP contribution in [0.15, 0.2) is 24.3 Å². The van der Waals surface area contributed by atoms with Gasteiger partial charge < -0.3 is 0 Å². The molecule has 0 saturated heterocycles. The van der Waals surface area contributed by atoms with Gasteiger partial charge in [-0.25, -0.2) is 0 Å². The highest BCUT2D eigenvalue weighted by Crippen LogP contribution is 2.21. The third-order valence-electron chi connectivity index (χ3n) is 2.46. The van der Waals surface area contributed by atoms with Crippen molar-refractivity contribution in [1.82, 2.24) is 0 Å². The fraction of sp³-hybridized carbons (Fsp3) is 0.417. The summed E-state index contributed by atoms with van der Waals surface area (Å²) in [5, 5.41) is 0.721. The molecule has 0 aliphatic heterocycles. The Hall–Kier alpha value is -0.530. The molecule has 0 bridgehead atoms. The fourth-order valence-corrected chi connectivity index (χ4v) is 1.99. The van der Waals surface area contributed by atoms with Gasteiger partial charge in [-0.3, -0.25) is 4.79 Å². The molecule has 1 aromatic rings. The molecule has 0 aromatic heterocycles. The summed E-state index contributed by atoms with van der Waals surface area (Å²) in [6.45, 7) is 1.61. The van der Waals surface area contributed by atoms with E-state index in [0.717, 1.165) is 10.6 Å². The van der Waals surface area contributed by atoms with Crippen LogP contribution in [0, 0.1) is 5.92 Å². The average Bonchev–Trinajstić information content (AvgIpc) is 2.20. The number of carbonyl (C=O) groups excluding carboxylic acids is 1. The number of carbonyl (C=O) groups is 1. The Morgan fingerprint density at radius 3 is 2.60 bits per heavy atom. The van der Waals surface area contributed by atoms with Crippen LogP contribution in [-0.2, 0) is 11.2 Å². The van der Waals surface area contributed by atoms with Crippen LogP contribution in [0.3, 0.4) is 0 Å². The van der Waals surface area contributed by atoms with E-state index in [0.29, 0.717) is 18.7 Å². The van der Waals surface area contributed by atoms with Gasteiger partial charge in [0.25, 0.3) is 0 Å². The standard InChI is InChI=1S/C12H14Cl2O/c1-9(15)10(6-7-13)8-11-4-2-3-5-12(11)14/h2-5,10H,6-8H2,1H3. The molecule has 15 heavy (non-hydrogen) atoms. The molecule has 3 heteroatoms. The summed E-state index contributed by atoms with van der Waals surface area (Å²) in [4.78, 5) is 11.3. The minimum atomic E-state index is -0.0117. The van der Waals surface area contributed by atoms with Crippen LogP contribution in [0.25, 0.3) is 0 Å². The molecule has 1 rings (SSSR count). The maximum Gasteiger partial charge on any atom is 0.133 e. The van der Waals surface area contributed by atoms with E-state index in [2.05, 4.69) is 0 Å². The number of Topliss-reactive ketones (excluding diaryl/α,β-unsaturated/α-hetero) is 1. The summed E-state index contributed by atoms with van der Waals surface area (Å²) < 4.78 is 0. The lowest BCUT2D eigenvalue weighted by atomic mass is 9.93. The number of rotatable bonds is 5. The number of hydrogen-bond acceptors (Lipinski definition) is 1. The van der Waals surface area contributed by atoms with Crippen molar-refractivity contribution in [3.63, 3.8) is 0 Å². The highest BCUT2D eigenvalue weighted by Gasteiger charge is 2.15. The minimum absolute atomic E-state index is 0.0117. The molecule has 82 valence electrons. The quantitative estimate of drug-likeness (QED) is 0.722. The number of ketones is 1. The molecule has 0 N–H and O–H groups in total. The number of benzene rings is 1. The first-order chi connectivity index (χ1) is 7.15. The molecule has 0 saturated carbocycles. The minimum Gasteiger partial charge on any atom is -0.300 e. The molecule has 1 unspecified atom stereocenters. The van der Waals surface area contributed by atoms with Gasteiger partial charge in [0.15, 0.2) is 0 Å². The van der Waals surface area contributed by atoms with Crippen LogP contribution in [0.1, 0.15) is 18.9 Å². The van der Waals surface area contributed by atoms with Gasteiger partial charge in [0.05, 0.1) is 0 Å². The Labute approximate surface area is 100 Å². The zero-order valence-corrected chi connectivity index (χ0v) is 10.2. The smallest absolute Gasteiger partial charge is 0.133 e. The molecule has 0 amide bonds. The Morgan fingerprint density at radius 2 is 2.07 bits per heavy atom. The third kappa shape index (κ3) is 3.84. The number of halogens is 2. The van der Waals surface area contributed by atoms with E-state index in [1.54, 1.807) is 6.92 Å². The van der Waals surface area contributed by atoms with Crippen LogP contribution in [0.4, 0.5) is 0 Å². The van der Waals surface area contributed by atoms with Crippen molar-refractivity contribution in [3.05, 3.63) is 34.9 Å². The van der Waals surface area contributed by atoms with Crippen molar-refractivity contribution in [3.8, 4) is 0 Å². The largest absolute Gasteiger partial charge is 0.300 e. The fourth-order valence-electron chi connectivity index (χ4n) is 1.51. The molecule has 0 fully saturated rings. The monoisotopic (exact) mass is 244 g/mol. The summed E-state index contributed by atoms with van der Waals surface area (Å²) in [5.74, 6) is 0.673. The molecule has 0 aliphatic rings.